The van der Waals surface area contributed by atoms with Crippen molar-refractivity contribution >= 4 is 11.6 Å². The van der Waals surface area contributed by atoms with Gasteiger partial charge in [0.05, 0.1) is 24.0 Å². The van der Waals surface area contributed by atoms with E-state index in [1.165, 1.54) is 6.08 Å². The van der Waals surface area contributed by atoms with Crippen LogP contribution >= 0.6 is 0 Å². The van der Waals surface area contributed by atoms with Crippen LogP contribution in [-0.4, -0.2) is 80.5 Å². The molecule has 2 rings (SSSR count). The van der Waals surface area contributed by atoms with E-state index in [1.54, 1.807) is 21.0 Å². The largest absolute Gasteiger partial charge is 0.381 e. The van der Waals surface area contributed by atoms with Crippen LogP contribution in [-0.2, 0) is 14.3 Å². The first-order chi connectivity index (χ1) is 13.3. The van der Waals surface area contributed by atoms with Crippen molar-refractivity contribution in [1.29, 1.82) is 5.41 Å². The number of likely N-dealkylation sites (tertiary alicyclic amines) is 1. The third kappa shape index (κ3) is 6.61. The highest BCUT2D eigenvalue weighted by molar-refractivity contribution is 6.02. The van der Waals surface area contributed by atoms with Crippen molar-refractivity contribution in [2.24, 2.45) is 11.5 Å². The Morgan fingerprint density at radius 1 is 1.32 bits per heavy atom. The summed E-state index contributed by atoms with van der Waals surface area (Å²) < 4.78 is 11.2. The number of nitrogens with two attached hydrogens (primary N) is 2. The quantitative estimate of drug-likeness (QED) is 0.212. The fraction of sp³-hybridized carbons (Fsp3) is 0.789. The van der Waals surface area contributed by atoms with E-state index < -0.39 is 12.3 Å². The molecule has 0 bridgehead atoms. The van der Waals surface area contributed by atoms with Crippen LogP contribution in [0.4, 0.5) is 0 Å². The van der Waals surface area contributed by atoms with Crippen molar-refractivity contribution in [3.05, 3.63) is 11.6 Å². The van der Waals surface area contributed by atoms with E-state index in [1.807, 2.05) is 4.90 Å². The monoisotopic (exact) mass is 396 g/mol. The van der Waals surface area contributed by atoms with E-state index in [4.69, 9.17) is 26.4 Å². The lowest BCUT2D eigenvalue weighted by Gasteiger charge is -2.42. The third-order valence-electron chi connectivity index (χ3n) is 5.27. The van der Waals surface area contributed by atoms with Crippen LogP contribution in [0.25, 0.3) is 0 Å². The Bertz CT molecular complexity index is 562. The Morgan fingerprint density at radius 3 is 2.57 bits per heavy atom. The zero-order valence-electron chi connectivity index (χ0n) is 17.2. The molecule has 2 aliphatic heterocycles. The van der Waals surface area contributed by atoms with E-state index in [2.05, 4.69) is 10.6 Å². The molecule has 0 aromatic carbocycles. The first-order valence-electron chi connectivity index (χ1n) is 10.0. The topological polar surface area (TPSA) is 139 Å². The number of hydrogen-bond donors (Lipinski definition) is 5. The minimum absolute atomic E-state index is 0.0264. The van der Waals surface area contributed by atoms with Gasteiger partial charge in [-0.15, -0.1) is 0 Å². The Hall–Kier alpha value is -1.36. The summed E-state index contributed by atoms with van der Waals surface area (Å²) in [5.41, 5.74) is 12.7. The lowest BCUT2D eigenvalue weighted by molar-refractivity contribution is -0.119. The number of amides is 1. The molecule has 0 aliphatic carbocycles. The smallest absolute Gasteiger partial charge is 0.251 e. The van der Waals surface area contributed by atoms with Gasteiger partial charge in [-0.2, -0.15) is 0 Å². The summed E-state index contributed by atoms with van der Waals surface area (Å²) in [6.07, 6.45) is 3.27. The summed E-state index contributed by atoms with van der Waals surface area (Å²) in [6.45, 7) is 6.25. The number of nitrogens with zero attached hydrogens (tertiary/aromatic N) is 1. The molecule has 4 atom stereocenters. The molecule has 9 heteroatoms. The first kappa shape index (κ1) is 22.9. The van der Waals surface area contributed by atoms with Crippen molar-refractivity contribution in [2.75, 3.05) is 33.4 Å². The zero-order chi connectivity index (χ0) is 20.7. The van der Waals surface area contributed by atoms with E-state index >= 15 is 0 Å². The van der Waals surface area contributed by atoms with Gasteiger partial charge < -0.3 is 37.0 Å². The summed E-state index contributed by atoms with van der Waals surface area (Å²) in [6, 6.07) is 0.691. The van der Waals surface area contributed by atoms with Crippen LogP contribution in [0.2, 0.25) is 0 Å². The molecule has 160 valence electrons. The van der Waals surface area contributed by atoms with Gasteiger partial charge in [-0.3, -0.25) is 9.69 Å². The van der Waals surface area contributed by atoms with Crippen LogP contribution in [0.3, 0.4) is 0 Å². The van der Waals surface area contributed by atoms with Crippen molar-refractivity contribution in [3.8, 4) is 0 Å². The van der Waals surface area contributed by atoms with E-state index in [9.17, 15) is 4.79 Å². The highest BCUT2D eigenvalue weighted by atomic mass is 16.5. The number of rotatable bonds is 8. The number of allylic oxidation sites excluding steroid dienone is 1. The maximum atomic E-state index is 12.5. The molecule has 9 nitrogen and oxygen atoms in total. The van der Waals surface area contributed by atoms with Gasteiger partial charge in [0, 0.05) is 51.2 Å². The summed E-state index contributed by atoms with van der Waals surface area (Å²) in [7, 11) is 1.71. The Kier molecular flexibility index (Phi) is 9.00. The van der Waals surface area contributed by atoms with Crippen molar-refractivity contribution in [1.82, 2.24) is 15.5 Å². The average Bonchev–Trinajstić information content (AvgIpc) is 2.66. The molecule has 0 radical (unpaired) electrons. The minimum Gasteiger partial charge on any atom is -0.381 e. The molecule has 0 aromatic heterocycles. The van der Waals surface area contributed by atoms with Crippen molar-refractivity contribution in [3.63, 3.8) is 0 Å². The Morgan fingerprint density at radius 2 is 2.00 bits per heavy atom. The van der Waals surface area contributed by atoms with Gasteiger partial charge >= 0.3 is 0 Å². The molecule has 2 heterocycles. The summed E-state index contributed by atoms with van der Waals surface area (Å²) in [4.78, 5) is 14.6. The molecule has 2 aliphatic rings. The van der Waals surface area contributed by atoms with Gasteiger partial charge in [-0.25, -0.2) is 0 Å². The van der Waals surface area contributed by atoms with Crippen LogP contribution in [0.5, 0.6) is 0 Å². The zero-order valence-corrected chi connectivity index (χ0v) is 17.2. The molecule has 2 unspecified atom stereocenters. The number of methoxy groups -OCH3 is 1. The number of carbonyl (C=O) groups excluding carboxylic acids is 1. The SMILES string of the molecule is CO[C@H]1CN(C(N)/C(=C\C(C)=N)C(=O)NC(C)N)CC[C@H]1NC1CCOCC1. The number of ether oxygens (including phenoxy) is 2. The van der Waals surface area contributed by atoms with Crippen molar-refractivity contribution < 1.29 is 14.3 Å². The number of carbonyl (C=O) groups is 1. The van der Waals surface area contributed by atoms with Crippen LogP contribution in [0.15, 0.2) is 11.6 Å². The summed E-state index contributed by atoms with van der Waals surface area (Å²) in [5.74, 6) is -0.342. The molecule has 0 saturated carbocycles. The Balaban J connectivity index is 2.03. The van der Waals surface area contributed by atoms with Gasteiger partial charge in [-0.05, 0) is 39.2 Å². The molecular formula is C19H36N6O3. The normalized spacial score (nSPS) is 27.2. The van der Waals surface area contributed by atoms with Crippen LogP contribution < -0.4 is 22.1 Å². The maximum Gasteiger partial charge on any atom is 0.251 e. The van der Waals surface area contributed by atoms with Crippen molar-refractivity contribution in [2.45, 2.75) is 63.6 Å². The second kappa shape index (κ2) is 11.0. The molecule has 2 saturated heterocycles. The maximum absolute atomic E-state index is 12.5. The molecule has 1 amide bonds. The molecule has 0 aromatic rings. The highest BCUT2D eigenvalue weighted by Gasteiger charge is 2.35. The average molecular weight is 397 g/mol. The van der Waals surface area contributed by atoms with Gasteiger partial charge in [0.15, 0.2) is 0 Å². The molecular weight excluding hydrogens is 360 g/mol. The Labute approximate surface area is 167 Å². The number of hydrogen-bond acceptors (Lipinski definition) is 8. The lowest BCUT2D eigenvalue weighted by Crippen LogP contribution is -2.60. The van der Waals surface area contributed by atoms with E-state index in [-0.39, 0.29) is 23.8 Å². The third-order valence-corrected chi connectivity index (χ3v) is 5.27. The first-order valence-corrected chi connectivity index (χ1v) is 10.0. The molecule has 2 fully saturated rings. The standard InChI is InChI=1S/C19H36N6O3/c1-12(20)10-15(19(26)23-13(2)21)18(22)25-7-4-16(17(11-25)27-3)24-14-5-8-28-9-6-14/h10,13-14,16-18,20,24H,4-9,11,21-22H2,1-3H3,(H,23,26)/b15-10+,20-12?/t13?,16-,17+,18?/m1/s1. The predicted octanol–water partition coefficient (Wildman–Crippen LogP) is -0.484. The molecule has 28 heavy (non-hydrogen) atoms. The fourth-order valence-electron chi connectivity index (χ4n) is 3.79. The molecule has 7 N–H and O–H groups in total. The van der Waals surface area contributed by atoms with Crippen LogP contribution in [0, 0.1) is 5.41 Å². The van der Waals surface area contributed by atoms with Gasteiger partial charge in [0.2, 0.25) is 0 Å². The minimum atomic E-state index is -0.624. The second-order valence-corrected chi connectivity index (χ2v) is 7.71. The molecule has 0 spiro atoms. The van der Waals surface area contributed by atoms with Crippen LogP contribution in [0.1, 0.15) is 33.1 Å². The van der Waals surface area contributed by atoms with E-state index in [0.717, 1.165) is 39.0 Å². The summed E-state index contributed by atoms with van der Waals surface area (Å²) >= 11 is 0. The van der Waals surface area contributed by atoms with Gasteiger partial charge in [0.25, 0.3) is 5.91 Å². The number of nitrogens with one attached hydrogen (secondary N) is 3. The van der Waals surface area contributed by atoms with Gasteiger partial charge in [-0.1, -0.05) is 0 Å². The summed E-state index contributed by atoms with van der Waals surface area (Å²) in [5, 5.41) is 14.1. The highest BCUT2D eigenvalue weighted by Crippen LogP contribution is 2.20. The predicted molar refractivity (Wildman–Crippen MR) is 109 cm³/mol. The second-order valence-electron chi connectivity index (χ2n) is 7.71. The van der Waals surface area contributed by atoms with E-state index in [0.29, 0.717) is 18.2 Å². The van der Waals surface area contributed by atoms with Gasteiger partial charge in [0.1, 0.15) is 0 Å². The number of piperidine rings is 1. The fourth-order valence-corrected chi connectivity index (χ4v) is 3.79. The lowest BCUT2D eigenvalue weighted by atomic mass is 9.97.